The molecule has 5 nitrogen and oxygen atoms in total. The fourth-order valence-electron chi connectivity index (χ4n) is 2.13. The molecule has 5 atom stereocenters. The third-order valence-corrected chi connectivity index (χ3v) is 3.96. The summed E-state index contributed by atoms with van der Waals surface area (Å²) in [7, 11) is 4.84. The lowest BCUT2D eigenvalue weighted by atomic mass is 9.99. The highest BCUT2D eigenvalue weighted by molar-refractivity contribution is 7.99. The first-order chi connectivity index (χ1) is 8.23. The van der Waals surface area contributed by atoms with Gasteiger partial charge in [-0.2, -0.15) is 0 Å². The highest BCUT2D eigenvalue weighted by Gasteiger charge is 2.46. The van der Waals surface area contributed by atoms with E-state index in [9.17, 15) is 5.11 Å². The summed E-state index contributed by atoms with van der Waals surface area (Å²) < 4.78 is 22.1. The minimum absolute atomic E-state index is 0.0877. The molecule has 17 heavy (non-hydrogen) atoms. The lowest BCUT2D eigenvalue weighted by molar-refractivity contribution is -0.227. The van der Waals surface area contributed by atoms with Crippen molar-refractivity contribution in [2.24, 2.45) is 0 Å². The summed E-state index contributed by atoms with van der Waals surface area (Å²) >= 11 is 1.64. The molecule has 0 aromatic carbocycles. The van der Waals surface area contributed by atoms with Crippen LogP contribution in [0.4, 0.5) is 0 Å². The Balaban J connectivity index is 2.84. The average molecular weight is 266 g/mol. The molecule has 0 unspecified atom stereocenters. The van der Waals surface area contributed by atoms with E-state index in [2.05, 4.69) is 6.92 Å². The predicted octanol–water partition coefficient (Wildman–Crippen LogP) is 0.502. The third kappa shape index (κ3) is 3.33. The summed E-state index contributed by atoms with van der Waals surface area (Å²) in [5.74, 6) is 0.913. The van der Waals surface area contributed by atoms with Crippen LogP contribution in [0.5, 0.6) is 0 Å². The van der Waals surface area contributed by atoms with E-state index in [1.165, 1.54) is 0 Å². The van der Waals surface area contributed by atoms with Crippen molar-refractivity contribution >= 4 is 11.8 Å². The average Bonchev–Trinajstić information content (AvgIpc) is 2.37. The number of methoxy groups -OCH3 is 3. The zero-order chi connectivity index (χ0) is 12.8. The Hall–Kier alpha value is 0.150. The lowest BCUT2D eigenvalue weighted by Crippen LogP contribution is -2.59. The maximum atomic E-state index is 9.34. The van der Waals surface area contributed by atoms with Gasteiger partial charge in [0.25, 0.3) is 0 Å². The van der Waals surface area contributed by atoms with Crippen molar-refractivity contribution in [1.29, 1.82) is 0 Å². The standard InChI is InChI=1S/C11H22O5S/c1-5-17-11-10(15-4)9(14-3)8(13-2)7(6-12)16-11/h7-12H,5-6H2,1-4H3/t7-,8-,9+,10-,11-/m1/s1. The van der Waals surface area contributed by atoms with Crippen molar-refractivity contribution in [3.05, 3.63) is 0 Å². The smallest absolute Gasteiger partial charge is 0.132 e. The number of aliphatic hydroxyl groups excluding tert-OH is 1. The molecule has 102 valence electrons. The van der Waals surface area contributed by atoms with Crippen LogP contribution in [0.1, 0.15) is 6.92 Å². The molecule has 1 heterocycles. The van der Waals surface area contributed by atoms with Crippen molar-refractivity contribution in [2.75, 3.05) is 33.7 Å². The van der Waals surface area contributed by atoms with Crippen LogP contribution in [0.2, 0.25) is 0 Å². The first-order valence-electron chi connectivity index (χ1n) is 5.69. The van der Waals surface area contributed by atoms with Crippen LogP contribution in [0.15, 0.2) is 0 Å². The number of thioether (sulfide) groups is 1. The first kappa shape index (κ1) is 15.2. The molecular weight excluding hydrogens is 244 g/mol. The van der Waals surface area contributed by atoms with Crippen molar-refractivity contribution in [3.8, 4) is 0 Å². The zero-order valence-electron chi connectivity index (χ0n) is 10.8. The summed E-state index contributed by atoms with van der Waals surface area (Å²) in [6.07, 6.45) is -1.12. The second-order valence-corrected chi connectivity index (χ2v) is 5.16. The van der Waals surface area contributed by atoms with Gasteiger partial charge in [-0.25, -0.2) is 0 Å². The number of rotatable bonds is 6. The molecule has 0 saturated carbocycles. The van der Waals surface area contributed by atoms with Crippen molar-refractivity contribution in [1.82, 2.24) is 0 Å². The van der Waals surface area contributed by atoms with E-state index < -0.39 is 0 Å². The van der Waals surface area contributed by atoms with Gasteiger partial charge < -0.3 is 24.1 Å². The van der Waals surface area contributed by atoms with Gasteiger partial charge in [-0.05, 0) is 5.75 Å². The van der Waals surface area contributed by atoms with Crippen molar-refractivity contribution < 1.29 is 24.1 Å². The van der Waals surface area contributed by atoms with Gasteiger partial charge in [-0.15, -0.1) is 11.8 Å². The highest BCUT2D eigenvalue weighted by Crippen LogP contribution is 2.32. The summed E-state index contributed by atoms with van der Waals surface area (Å²) in [6.45, 7) is 1.97. The van der Waals surface area contributed by atoms with Crippen LogP contribution < -0.4 is 0 Å². The largest absolute Gasteiger partial charge is 0.394 e. The molecule has 0 spiro atoms. The summed E-state index contributed by atoms with van der Waals surface area (Å²) in [5.41, 5.74) is -0.140. The van der Waals surface area contributed by atoms with Gasteiger partial charge in [0.05, 0.1) is 6.61 Å². The molecule has 0 aliphatic carbocycles. The summed E-state index contributed by atoms with van der Waals surface area (Å²) in [5, 5.41) is 9.34. The number of hydrogen-bond acceptors (Lipinski definition) is 6. The molecule has 1 rings (SSSR count). The Kier molecular flexibility index (Phi) is 6.76. The molecule has 6 heteroatoms. The second kappa shape index (κ2) is 7.56. The molecule has 1 aliphatic rings. The Labute approximate surface area is 107 Å². The van der Waals surface area contributed by atoms with Gasteiger partial charge in [0, 0.05) is 21.3 Å². The van der Waals surface area contributed by atoms with Crippen molar-refractivity contribution in [2.45, 2.75) is 36.8 Å². The SMILES string of the molecule is CCS[C@H]1O[C@H](CO)[C@@H](OC)[C@H](OC)[C@H]1OC. The fraction of sp³-hybridized carbons (Fsp3) is 1.00. The minimum Gasteiger partial charge on any atom is -0.394 e. The van der Waals surface area contributed by atoms with Crippen LogP contribution in [0.25, 0.3) is 0 Å². The Bertz CT molecular complexity index is 216. The van der Waals surface area contributed by atoms with Crippen LogP contribution >= 0.6 is 11.8 Å². The molecule has 0 bridgehead atoms. The van der Waals surface area contributed by atoms with E-state index in [0.29, 0.717) is 0 Å². The van der Waals surface area contributed by atoms with Crippen LogP contribution in [-0.2, 0) is 18.9 Å². The molecule has 1 fully saturated rings. The molecule has 0 aromatic heterocycles. The van der Waals surface area contributed by atoms with Gasteiger partial charge in [0.15, 0.2) is 0 Å². The van der Waals surface area contributed by atoms with Gasteiger partial charge >= 0.3 is 0 Å². The molecule has 1 aliphatic heterocycles. The maximum Gasteiger partial charge on any atom is 0.132 e. The van der Waals surface area contributed by atoms with E-state index in [0.717, 1.165) is 5.75 Å². The maximum absolute atomic E-state index is 9.34. The fourth-order valence-corrected chi connectivity index (χ4v) is 3.13. The third-order valence-electron chi connectivity index (χ3n) is 2.92. The lowest BCUT2D eigenvalue weighted by Gasteiger charge is -2.44. The number of aliphatic hydroxyl groups is 1. The van der Waals surface area contributed by atoms with E-state index >= 15 is 0 Å². The van der Waals surface area contributed by atoms with E-state index in [-0.39, 0.29) is 36.5 Å². The Morgan fingerprint density at radius 1 is 1.06 bits per heavy atom. The van der Waals surface area contributed by atoms with Gasteiger partial charge in [-0.3, -0.25) is 0 Å². The molecular formula is C11H22O5S. The monoisotopic (exact) mass is 266 g/mol. The van der Waals surface area contributed by atoms with E-state index in [1.54, 1.807) is 33.1 Å². The van der Waals surface area contributed by atoms with Crippen LogP contribution in [0, 0.1) is 0 Å². The highest BCUT2D eigenvalue weighted by atomic mass is 32.2. The predicted molar refractivity (Wildman–Crippen MR) is 66.3 cm³/mol. The quantitative estimate of drug-likeness (QED) is 0.755. The molecule has 0 aromatic rings. The van der Waals surface area contributed by atoms with Gasteiger partial charge in [0.2, 0.25) is 0 Å². The summed E-state index contributed by atoms with van der Waals surface area (Å²) in [4.78, 5) is 0. The van der Waals surface area contributed by atoms with Gasteiger partial charge in [0.1, 0.15) is 29.9 Å². The normalized spacial score (nSPS) is 38.3. The molecule has 0 radical (unpaired) electrons. The Morgan fingerprint density at radius 2 is 1.65 bits per heavy atom. The Morgan fingerprint density at radius 3 is 2.06 bits per heavy atom. The molecule has 1 N–H and O–H groups in total. The van der Waals surface area contributed by atoms with E-state index in [1.807, 2.05) is 0 Å². The number of hydrogen-bond donors (Lipinski definition) is 1. The van der Waals surface area contributed by atoms with Crippen molar-refractivity contribution in [3.63, 3.8) is 0 Å². The summed E-state index contributed by atoms with van der Waals surface area (Å²) in [6, 6.07) is 0. The minimum atomic E-state index is -0.375. The molecule has 1 saturated heterocycles. The molecule has 0 amide bonds. The second-order valence-electron chi connectivity index (χ2n) is 3.78. The van der Waals surface area contributed by atoms with Crippen LogP contribution in [-0.4, -0.2) is 68.6 Å². The number of ether oxygens (including phenoxy) is 4. The van der Waals surface area contributed by atoms with E-state index in [4.69, 9.17) is 18.9 Å². The zero-order valence-corrected chi connectivity index (χ0v) is 11.6. The first-order valence-corrected chi connectivity index (χ1v) is 6.74. The van der Waals surface area contributed by atoms with Gasteiger partial charge in [-0.1, -0.05) is 6.92 Å². The topological polar surface area (TPSA) is 57.2 Å². The van der Waals surface area contributed by atoms with Crippen LogP contribution in [0.3, 0.4) is 0 Å².